The van der Waals surface area contributed by atoms with Gasteiger partial charge in [0.25, 0.3) is 5.91 Å². The average Bonchev–Trinajstić information content (AvgIpc) is 2.65. The van der Waals surface area contributed by atoms with Gasteiger partial charge in [0.2, 0.25) is 0 Å². The number of benzene rings is 2. The number of rotatable bonds is 5. The summed E-state index contributed by atoms with van der Waals surface area (Å²) in [7, 11) is 0. The second-order valence-electron chi connectivity index (χ2n) is 6.12. The molecule has 0 fully saturated rings. The summed E-state index contributed by atoms with van der Waals surface area (Å²) in [6.07, 6.45) is 1.62. The van der Waals surface area contributed by atoms with Crippen LogP contribution in [0.3, 0.4) is 0 Å². The van der Waals surface area contributed by atoms with Gasteiger partial charge in [-0.15, -0.1) is 0 Å². The Labute approximate surface area is 158 Å². The minimum absolute atomic E-state index is 0.115. The molecule has 0 saturated heterocycles. The Morgan fingerprint density at radius 2 is 1.85 bits per heavy atom. The normalized spacial score (nSPS) is 11.7. The van der Waals surface area contributed by atoms with Gasteiger partial charge in [0, 0.05) is 28.6 Å². The summed E-state index contributed by atoms with van der Waals surface area (Å²) in [6, 6.07) is 19.2. The second kappa shape index (κ2) is 8.02. The number of halogens is 1. The van der Waals surface area contributed by atoms with Crippen molar-refractivity contribution in [3.8, 4) is 0 Å². The van der Waals surface area contributed by atoms with Crippen molar-refractivity contribution in [2.75, 3.05) is 10.6 Å². The van der Waals surface area contributed by atoms with Gasteiger partial charge < -0.3 is 10.6 Å². The van der Waals surface area contributed by atoms with E-state index >= 15 is 0 Å². The maximum Gasteiger partial charge on any atom is 0.274 e. The molecular formula is C21H20ClN3O. The number of carbonyl (C=O) groups excluding carboxylic acids is 1. The molecule has 0 saturated carbocycles. The number of hydrogen-bond acceptors (Lipinski definition) is 3. The Hall–Kier alpha value is -2.85. The van der Waals surface area contributed by atoms with E-state index in [0.29, 0.717) is 16.4 Å². The Morgan fingerprint density at radius 1 is 1.08 bits per heavy atom. The van der Waals surface area contributed by atoms with Crippen LogP contribution in [0.1, 0.15) is 34.6 Å². The van der Waals surface area contributed by atoms with Crippen LogP contribution >= 0.6 is 11.6 Å². The first kappa shape index (κ1) is 18.0. The molecule has 0 bridgehead atoms. The topological polar surface area (TPSA) is 54.0 Å². The molecule has 4 nitrogen and oxygen atoms in total. The number of nitrogens with zero attached hydrogens (tertiary/aromatic N) is 1. The fourth-order valence-electron chi connectivity index (χ4n) is 2.63. The Morgan fingerprint density at radius 3 is 2.62 bits per heavy atom. The summed E-state index contributed by atoms with van der Waals surface area (Å²) in [5.74, 6) is -0.272. The lowest BCUT2D eigenvalue weighted by atomic mass is 10.1. The SMILES string of the molecule is Cc1ccc(Cl)cc1NC(=O)c1cc(NC(C)c2ccccc2)ccn1. The van der Waals surface area contributed by atoms with E-state index in [0.717, 1.165) is 11.3 Å². The first-order valence-electron chi connectivity index (χ1n) is 8.38. The van der Waals surface area contributed by atoms with E-state index in [1.54, 1.807) is 24.4 Å². The number of hydrogen-bond donors (Lipinski definition) is 2. The highest BCUT2D eigenvalue weighted by Gasteiger charge is 2.12. The third-order valence-electron chi connectivity index (χ3n) is 4.12. The lowest BCUT2D eigenvalue weighted by Crippen LogP contribution is -2.15. The fourth-order valence-corrected chi connectivity index (χ4v) is 2.81. The predicted octanol–water partition coefficient (Wildman–Crippen LogP) is 5.47. The molecule has 3 aromatic rings. The molecule has 2 aromatic carbocycles. The molecule has 1 unspecified atom stereocenters. The smallest absolute Gasteiger partial charge is 0.274 e. The minimum atomic E-state index is -0.272. The van der Waals surface area contributed by atoms with Crippen LogP contribution in [0.2, 0.25) is 5.02 Å². The van der Waals surface area contributed by atoms with Gasteiger partial charge in [-0.1, -0.05) is 48.0 Å². The zero-order chi connectivity index (χ0) is 18.5. The average molecular weight is 366 g/mol. The number of aryl methyl sites for hydroxylation is 1. The minimum Gasteiger partial charge on any atom is -0.378 e. The molecule has 1 atom stereocenters. The van der Waals surface area contributed by atoms with Crippen molar-refractivity contribution in [2.45, 2.75) is 19.9 Å². The molecule has 1 aromatic heterocycles. The highest BCUT2D eigenvalue weighted by molar-refractivity contribution is 6.31. The first-order chi connectivity index (χ1) is 12.5. The molecular weight excluding hydrogens is 346 g/mol. The maximum absolute atomic E-state index is 12.5. The van der Waals surface area contributed by atoms with Gasteiger partial charge >= 0.3 is 0 Å². The van der Waals surface area contributed by atoms with E-state index in [1.807, 2.05) is 37.3 Å². The zero-order valence-corrected chi connectivity index (χ0v) is 15.4. The predicted molar refractivity (Wildman–Crippen MR) is 107 cm³/mol. The Balaban J connectivity index is 1.74. The quantitative estimate of drug-likeness (QED) is 0.630. The molecule has 0 spiro atoms. The van der Waals surface area contributed by atoms with E-state index in [4.69, 9.17) is 11.6 Å². The van der Waals surface area contributed by atoms with Crippen molar-refractivity contribution in [3.05, 3.63) is 88.7 Å². The van der Waals surface area contributed by atoms with E-state index < -0.39 is 0 Å². The third kappa shape index (κ3) is 4.41. The van der Waals surface area contributed by atoms with Crippen LogP contribution in [0.4, 0.5) is 11.4 Å². The molecule has 26 heavy (non-hydrogen) atoms. The van der Waals surface area contributed by atoms with Gasteiger partial charge in [-0.3, -0.25) is 9.78 Å². The standard InChI is InChI=1S/C21H20ClN3O/c1-14-8-9-17(22)12-19(14)25-21(26)20-13-18(10-11-23-20)24-15(2)16-6-4-3-5-7-16/h3-13,15H,1-2H3,(H,23,24)(H,25,26). The molecule has 132 valence electrons. The molecule has 3 rings (SSSR count). The zero-order valence-electron chi connectivity index (χ0n) is 14.7. The van der Waals surface area contributed by atoms with Gasteiger partial charge in [0.1, 0.15) is 5.69 Å². The van der Waals surface area contributed by atoms with Gasteiger partial charge in [-0.05, 0) is 49.2 Å². The number of pyridine rings is 1. The van der Waals surface area contributed by atoms with Crippen molar-refractivity contribution in [1.29, 1.82) is 0 Å². The maximum atomic E-state index is 12.5. The summed E-state index contributed by atoms with van der Waals surface area (Å²) in [5.41, 5.74) is 3.97. The summed E-state index contributed by atoms with van der Waals surface area (Å²) >= 11 is 6.01. The lowest BCUT2D eigenvalue weighted by Gasteiger charge is -2.16. The van der Waals surface area contributed by atoms with Crippen LogP contribution in [0.25, 0.3) is 0 Å². The van der Waals surface area contributed by atoms with Crippen LogP contribution < -0.4 is 10.6 Å². The Kier molecular flexibility index (Phi) is 5.54. The monoisotopic (exact) mass is 365 g/mol. The highest BCUT2D eigenvalue weighted by atomic mass is 35.5. The van der Waals surface area contributed by atoms with Crippen LogP contribution in [0.15, 0.2) is 66.9 Å². The van der Waals surface area contributed by atoms with E-state index in [-0.39, 0.29) is 11.9 Å². The second-order valence-corrected chi connectivity index (χ2v) is 6.56. The van der Waals surface area contributed by atoms with Crippen molar-refractivity contribution >= 4 is 28.9 Å². The van der Waals surface area contributed by atoms with Crippen LogP contribution in [0.5, 0.6) is 0 Å². The van der Waals surface area contributed by atoms with Gasteiger partial charge in [0.15, 0.2) is 0 Å². The molecule has 5 heteroatoms. The lowest BCUT2D eigenvalue weighted by molar-refractivity contribution is 0.102. The summed E-state index contributed by atoms with van der Waals surface area (Å²) in [6.45, 7) is 3.99. The highest BCUT2D eigenvalue weighted by Crippen LogP contribution is 2.22. The van der Waals surface area contributed by atoms with Gasteiger partial charge in [-0.25, -0.2) is 0 Å². The van der Waals surface area contributed by atoms with Crippen molar-refractivity contribution in [1.82, 2.24) is 4.98 Å². The first-order valence-corrected chi connectivity index (χ1v) is 8.76. The number of anilines is 2. The van der Waals surface area contributed by atoms with Crippen molar-refractivity contribution in [2.24, 2.45) is 0 Å². The Bertz CT molecular complexity index is 912. The van der Waals surface area contributed by atoms with Crippen LogP contribution in [-0.2, 0) is 0 Å². The molecule has 1 heterocycles. The largest absolute Gasteiger partial charge is 0.378 e. The number of amides is 1. The molecule has 1 amide bonds. The van der Waals surface area contributed by atoms with E-state index in [9.17, 15) is 4.79 Å². The fraction of sp³-hybridized carbons (Fsp3) is 0.143. The molecule has 0 radical (unpaired) electrons. The molecule has 0 aliphatic heterocycles. The number of nitrogens with one attached hydrogen (secondary N) is 2. The third-order valence-corrected chi connectivity index (χ3v) is 4.36. The van der Waals surface area contributed by atoms with E-state index in [1.165, 1.54) is 5.56 Å². The summed E-state index contributed by atoms with van der Waals surface area (Å²) in [4.78, 5) is 16.7. The van der Waals surface area contributed by atoms with E-state index in [2.05, 4.69) is 34.7 Å². The van der Waals surface area contributed by atoms with Crippen LogP contribution in [0, 0.1) is 6.92 Å². The van der Waals surface area contributed by atoms with Gasteiger partial charge in [-0.2, -0.15) is 0 Å². The number of carbonyl (C=O) groups is 1. The van der Waals surface area contributed by atoms with Gasteiger partial charge in [0.05, 0.1) is 0 Å². The van der Waals surface area contributed by atoms with Crippen molar-refractivity contribution < 1.29 is 4.79 Å². The van der Waals surface area contributed by atoms with Crippen LogP contribution in [-0.4, -0.2) is 10.9 Å². The molecule has 2 N–H and O–H groups in total. The van der Waals surface area contributed by atoms with Crippen molar-refractivity contribution in [3.63, 3.8) is 0 Å². The molecule has 0 aliphatic carbocycles. The summed E-state index contributed by atoms with van der Waals surface area (Å²) < 4.78 is 0. The molecule has 0 aliphatic rings. The summed E-state index contributed by atoms with van der Waals surface area (Å²) in [5, 5.41) is 6.84. The number of aromatic nitrogens is 1.